The number of hydrogen-bond donors (Lipinski definition) is 1. The monoisotopic (exact) mass is 304 g/mol. The van der Waals surface area contributed by atoms with Crippen LogP contribution in [0, 0.1) is 28.4 Å². The summed E-state index contributed by atoms with van der Waals surface area (Å²) in [6.07, 6.45) is 0. The number of nitro benzene ring substituents is 1. The maximum atomic E-state index is 11.2. The summed E-state index contributed by atoms with van der Waals surface area (Å²) in [6.45, 7) is 1.78. The maximum absolute atomic E-state index is 11.2. The van der Waals surface area contributed by atoms with E-state index in [-0.39, 0.29) is 5.69 Å². The van der Waals surface area contributed by atoms with E-state index in [9.17, 15) is 15.4 Å². The molecule has 0 atom stereocenters. The van der Waals surface area contributed by atoms with Crippen LogP contribution in [0.2, 0.25) is 0 Å². The van der Waals surface area contributed by atoms with Crippen molar-refractivity contribution < 1.29 is 4.92 Å². The fourth-order valence-electron chi connectivity index (χ4n) is 2.38. The third-order valence-corrected chi connectivity index (χ3v) is 3.47. The van der Waals surface area contributed by atoms with Crippen molar-refractivity contribution in [2.45, 2.75) is 6.92 Å². The van der Waals surface area contributed by atoms with Crippen LogP contribution in [0.15, 0.2) is 48.5 Å². The van der Waals surface area contributed by atoms with Gasteiger partial charge in [0.1, 0.15) is 23.1 Å². The molecule has 0 fully saturated rings. The van der Waals surface area contributed by atoms with Gasteiger partial charge in [0.05, 0.1) is 10.6 Å². The number of nitrogens with zero attached hydrogens (tertiary/aromatic N) is 3. The van der Waals surface area contributed by atoms with E-state index in [0.29, 0.717) is 28.3 Å². The molecule has 1 heterocycles. The van der Waals surface area contributed by atoms with Crippen molar-refractivity contribution in [1.29, 1.82) is 5.26 Å². The van der Waals surface area contributed by atoms with Gasteiger partial charge in [-0.25, -0.2) is 4.98 Å². The summed E-state index contributed by atoms with van der Waals surface area (Å²) in [5.41, 5.74) is 2.77. The second-order valence-electron chi connectivity index (χ2n) is 5.06. The van der Waals surface area contributed by atoms with Crippen molar-refractivity contribution in [3.63, 3.8) is 0 Å². The normalized spacial score (nSPS) is 10.3. The molecule has 0 bridgehead atoms. The Kier molecular flexibility index (Phi) is 3.61. The number of fused-ring (bicyclic) bond motifs is 1. The molecule has 0 saturated carbocycles. The van der Waals surface area contributed by atoms with Gasteiger partial charge in [-0.3, -0.25) is 10.1 Å². The third-order valence-electron chi connectivity index (χ3n) is 3.47. The fourth-order valence-corrected chi connectivity index (χ4v) is 2.38. The number of benzene rings is 1. The number of anilines is 2. The van der Waals surface area contributed by atoms with Gasteiger partial charge in [-0.2, -0.15) is 5.26 Å². The molecule has 112 valence electrons. The zero-order valence-corrected chi connectivity index (χ0v) is 12.3. The van der Waals surface area contributed by atoms with Gasteiger partial charge in [0, 0.05) is 11.6 Å². The Labute approximate surface area is 132 Å². The largest absolute Gasteiger partial charge is 0.333 e. The van der Waals surface area contributed by atoms with Crippen LogP contribution in [0.5, 0.6) is 0 Å². The Balaban J connectivity index is 2.12. The molecule has 0 saturated heterocycles. The Morgan fingerprint density at radius 1 is 1.22 bits per heavy atom. The zero-order valence-electron chi connectivity index (χ0n) is 12.3. The van der Waals surface area contributed by atoms with E-state index >= 15 is 0 Å². The minimum atomic E-state index is -0.454. The second kappa shape index (κ2) is 5.73. The lowest BCUT2D eigenvalue weighted by Gasteiger charge is -2.05. The standard InChI is InChI=1S/C17H12N4O2/c1-11-7-8-15(16(9-11)21(22)23)20-17-13(10-18)12-5-3-2-4-6-14(12)19-17/h2-9H,1H3,(H,19,20). The second-order valence-corrected chi connectivity index (χ2v) is 5.06. The minimum absolute atomic E-state index is 0.0495. The Bertz CT molecular complexity index is 915. The van der Waals surface area contributed by atoms with Gasteiger partial charge in [0.25, 0.3) is 5.69 Å². The molecule has 6 heteroatoms. The molecule has 1 aromatic carbocycles. The number of aryl methyl sites for hydroxylation is 1. The molecule has 0 radical (unpaired) electrons. The molecule has 6 nitrogen and oxygen atoms in total. The first-order valence-corrected chi connectivity index (χ1v) is 6.91. The molecule has 3 rings (SSSR count). The van der Waals surface area contributed by atoms with Gasteiger partial charge < -0.3 is 5.32 Å². The van der Waals surface area contributed by atoms with Crippen LogP contribution < -0.4 is 5.32 Å². The van der Waals surface area contributed by atoms with E-state index in [1.165, 1.54) is 6.07 Å². The van der Waals surface area contributed by atoms with Crippen molar-refractivity contribution >= 4 is 17.2 Å². The van der Waals surface area contributed by atoms with Crippen molar-refractivity contribution in [1.82, 2.24) is 4.98 Å². The summed E-state index contributed by atoms with van der Waals surface area (Å²) in [7, 11) is 0. The van der Waals surface area contributed by atoms with E-state index in [0.717, 1.165) is 5.56 Å². The van der Waals surface area contributed by atoms with E-state index < -0.39 is 4.92 Å². The molecular formula is C17H12N4O2. The van der Waals surface area contributed by atoms with E-state index in [2.05, 4.69) is 16.4 Å². The molecule has 0 aromatic heterocycles. The molecular weight excluding hydrogens is 292 g/mol. The smallest absolute Gasteiger partial charge is 0.292 e. The molecule has 0 unspecified atom stereocenters. The van der Waals surface area contributed by atoms with E-state index in [1.807, 2.05) is 18.2 Å². The summed E-state index contributed by atoms with van der Waals surface area (Å²) < 4.78 is 0. The first-order valence-electron chi connectivity index (χ1n) is 6.91. The molecule has 23 heavy (non-hydrogen) atoms. The number of nitriles is 1. The Morgan fingerprint density at radius 3 is 2.74 bits per heavy atom. The van der Waals surface area contributed by atoms with Gasteiger partial charge >= 0.3 is 0 Å². The van der Waals surface area contributed by atoms with E-state index in [1.54, 1.807) is 31.2 Å². The lowest BCUT2D eigenvalue weighted by atomic mass is 10.1. The summed E-state index contributed by atoms with van der Waals surface area (Å²) >= 11 is 0. The number of nitrogens with one attached hydrogen (secondary N) is 1. The van der Waals surface area contributed by atoms with Crippen LogP contribution in [0.25, 0.3) is 11.3 Å². The molecule has 1 N–H and O–H groups in total. The van der Waals surface area contributed by atoms with E-state index in [4.69, 9.17) is 0 Å². The highest BCUT2D eigenvalue weighted by Crippen LogP contribution is 2.34. The summed E-state index contributed by atoms with van der Waals surface area (Å²) in [6, 6.07) is 16.1. The molecule has 0 spiro atoms. The zero-order chi connectivity index (χ0) is 16.4. The highest BCUT2D eigenvalue weighted by atomic mass is 16.6. The van der Waals surface area contributed by atoms with Crippen LogP contribution in [0.1, 0.15) is 11.1 Å². The van der Waals surface area contributed by atoms with Gasteiger partial charge in [-0.15, -0.1) is 0 Å². The predicted octanol–water partition coefficient (Wildman–Crippen LogP) is 4.02. The molecule has 1 aliphatic carbocycles. The van der Waals surface area contributed by atoms with Gasteiger partial charge in [-0.05, 0) is 24.6 Å². The number of hydrogen-bond acceptors (Lipinski definition) is 5. The molecule has 1 aliphatic heterocycles. The van der Waals surface area contributed by atoms with Crippen molar-refractivity contribution in [2.75, 3.05) is 5.32 Å². The lowest BCUT2D eigenvalue weighted by molar-refractivity contribution is -0.384. The highest BCUT2D eigenvalue weighted by Gasteiger charge is 2.20. The first kappa shape index (κ1) is 14.5. The van der Waals surface area contributed by atoms with Crippen LogP contribution in [-0.2, 0) is 0 Å². The minimum Gasteiger partial charge on any atom is -0.333 e. The van der Waals surface area contributed by atoms with Gasteiger partial charge in [-0.1, -0.05) is 30.3 Å². The third kappa shape index (κ3) is 2.68. The van der Waals surface area contributed by atoms with Crippen molar-refractivity contribution in [3.8, 4) is 17.3 Å². The summed E-state index contributed by atoms with van der Waals surface area (Å²) in [4.78, 5) is 15.1. The average molecular weight is 304 g/mol. The number of aromatic nitrogens is 1. The van der Waals surface area contributed by atoms with Crippen LogP contribution in [0.4, 0.5) is 17.2 Å². The highest BCUT2D eigenvalue weighted by molar-refractivity contribution is 5.82. The molecule has 0 amide bonds. The average Bonchev–Trinajstić information content (AvgIpc) is 2.68. The van der Waals surface area contributed by atoms with Crippen molar-refractivity contribution in [3.05, 3.63) is 69.8 Å². The Morgan fingerprint density at radius 2 is 2.00 bits per heavy atom. The van der Waals surface area contributed by atoms with Gasteiger partial charge in [0.2, 0.25) is 0 Å². The fraction of sp³-hybridized carbons (Fsp3) is 0.0588. The topological polar surface area (TPSA) is 91.8 Å². The first-order chi connectivity index (χ1) is 11.1. The van der Waals surface area contributed by atoms with Crippen molar-refractivity contribution in [2.24, 2.45) is 0 Å². The molecule has 2 aliphatic rings. The van der Waals surface area contributed by atoms with Crippen LogP contribution >= 0.6 is 0 Å². The van der Waals surface area contributed by atoms with Crippen LogP contribution in [0.3, 0.4) is 0 Å². The lowest BCUT2D eigenvalue weighted by Crippen LogP contribution is -1.98. The SMILES string of the molecule is Cc1ccc(Nc2nc3cccccc-3c2C#N)c([N+](=O)[O-])c1. The number of nitro groups is 1. The number of rotatable bonds is 3. The summed E-state index contributed by atoms with van der Waals surface area (Å²) in [5, 5.41) is 23.6. The van der Waals surface area contributed by atoms with Gasteiger partial charge in [0.15, 0.2) is 0 Å². The Hall–Kier alpha value is -3.46. The summed E-state index contributed by atoms with van der Waals surface area (Å²) in [5.74, 6) is 0.320. The van der Waals surface area contributed by atoms with Crippen LogP contribution in [-0.4, -0.2) is 9.91 Å². The maximum Gasteiger partial charge on any atom is 0.292 e. The predicted molar refractivity (Wildman–Crippen MR) is 86.7 cm³/mol. The quantitative estimate of drug-likeness (QED) is 0.583. The molecule has 1 aromatic rings.